The molecule has 2 aromatic heterocycles. The maximum absolute atomic E-state index is 13.1. The summed E-state index contributed by atoms with van der Waals surface area (Å²) in [5, 5.41) is 4.05. The molecule has 2 heterocycles. The van der Waals surface area contributed by atoms with Crippen molar-refractivity contribution in [3.63, 3.8) is 0 Å². The van der Waals surface area contributed by atoms with Gasteiger partial charge < -0.3 is 14.4 Å². The average molecular weight is 373 g/mol. The summed E-state index contributed by atoms with van der Waals surface area (Å²) in [7, 11) is 3.15. The van der Waals surface area contributed by atoms with Gasteiger partial charge in [-0.3, -0.25) is 4.79 Å². The van der Waals surface area contributed by atoms with Crippen molar-refractivity contribution >= 4 is 28.6 Å². The van der Waals surface area contributed by atoms with Crippen LogP contribution < -0.4 is 9.47 Å². The van der Waals surface area contributed by atoms with Gasteiger partial charge in [0.15, 0.2) is 11.5 Å². The van der Waals surface area contributed by atoms with E-state index in [0.29, 0.717) is 30.2 Å². The quantitative estimate of drug-likeness (QED) is 0.604. The molecule has 4 nitrogen and oxygen atoms in total. The van der Waals surface area contributed by atoms with E-state index < -0.39 is 0 Å². The van der Waals surface area contributed by atoms with E-state index in [9.17, 15) is 4.79 Å². The highest BCUT2D eigenvalue weighted by atomic mass is 32.1. The van der Waals surface area contributed by atoms with Crippen LogP contribution in [0.1, 0.15) is 20.1 Å². The molecule has 130 valence electrons. The smallest absolute Gasteiger partial charge is 0.254 e. The standard InChI is InChI=1S/C19H19NO3S2/c1-22-17-8-7-14(11-18(17)23-2)19(21)20(12-15-5-3-9-24-15)13-16-6-4-10-25-16/h3-11H,12-13H2,1-2H3. The van der Waals surface area contributed by atoms with Crippen molar-refractivity contribution in [3.8, 4) is 11.5 Å². The van der Waals surface area contributed by atoms with Crippen LogP contribution >= 0.6 is 22.7 Å². The lowest BCUT2D eigenvalue weighted by Gasteiger charge is -2.22. The Kier molecular flexibility index (Phi) is 5.73. The Labute approximate surface area is 155 Å². The number of hydrogen-bond acceptors (Lipinski definition) is 5. The molecule has 0 fully saturated rings. The number of thiophene rings is 2. The molecule has 3 aromatic rings. The van der Waals surface area contributed by atoms with E-state index in [1.165, 1.54) is 0 Å². The van der Waals surface area contributed by atoms with Gasteiger partial charge in [-0.2, -0.15) is 0 Å². The van der Waals surface area contributed by atoms with Crippen molar-refractivity contribution in [2.24, 2.45) is 0 Å². The summed E-state index contributed by atoms with van der Waals surface area (Å²) < 4.78 is 10.6. The first-order valence-corrected chi connectivity index (χ1v) is 9.53. The molecule has 25 heavy (non-hydrogen) atoms. The van der Waals surface area contributed by atoms with Crippen LogP contribution in [0.15, 0.2) is 53.2 Å². The number of hydrogen-bond donors (Lipinski definition) is 0. The van der Waals surface area contributed by atoms with E-state index in [4.69, 9.17) is 9.47 Å². The number of carbonyl (C=O) groups is 1. The van der Waals surface area contributed by atoms with E-state index in [1.807, 2.05) is 39.9 Å². The lowest BCUT2D eigenvalue weighted by atomic mass is 10.1. The average Bonchev–Trinajstić information content (AvgIpc) is 3.34. The molecule has 0 saturated heterocycles. The molecule has 0 bridgehead atoms. The van der Waals surface area contributed by atoms with Crippen molar-refractivity contribution in [1.82, 2.24) is 4.90 Å². The molecule has 0 aliphatic rings. The molecule has 0 spiro atoms. The number of carbonyl (C=O) groups excluding carboxylic acids is 1. The Hall–Kier alpha value is -2.31. The van der Waals surface area contributed by atoms with Crippen LogP contribution in [0.25, 0.3) is 0 Å². The molecule has 1 aromatic carbocycles. The Bertz CT molecular complexity index is 777. The zero-order valence-corrected chi connectivity index (χ0v) is 15.7. The highest BCUT2D eigenvalue weighted by molar-refractivity contribution is 7.10. The van der Waals surface area contributed by atoms with Gasteiger partial charge in [0.2, 0.25) is 0 Å². The number of rotatable bonds is 7. The van der Waals surface area contributed by atoms with E-state index >= 15 is 0 Å². The molecule has 0 saturated carbocycles. The minimum Gasteiger partial charge on any atom is -0.493 e. The largest absolute Gasteiger partial charge is 0.493 e. The lowest BCUT2D eigenvalue weighted by molar-refractivity contribution is 0.0733. The fourth-order valence-electron chi connectivity index (χ4n) is 2.53. The zero-order valence-electron chi connectivity index (χ0n) is 14.1. The predicted molar refractivity (Wildman–Crippen MR) is 102 cm³/mol. The molecule has 0 aliphatic carbocycles. The van der Waals surface area contributed by atoms with Gasteiger partial charge in [-0.15, -0.1) is 22.7 Å². The number of ether oxygens (including phenoxy) is 2. The van der Waals surface area contributed by atoms with Crippen LogP contribution in [0.2, 0.25) is 0 Å². The summed E-state index contributed by atoms with van der Waals surface area (Å²) in [5.74, 6) is 1.14. The Balaban J connectivity index is 1.87. The van der Waals surface area contributed by atoms with Gasteiger partial charge in [0.25, 0.3) is 5.91 Å². The molecule has 0 atom stereocenters. The number of benzene rings is 1. The van der Waals surface area contributed by atoms with Gasteiger partial charge in [0.05, 0.1) is 27.3 Å². The molecule has 3 rings (SSSR count). The second kappa shape index (κ2) is 8.18. The normalized spacial score (nSPS) is 10.5. The van der Waals surface area contributed by atoms with Gasteiger partial charge in [-0.1, -0.05) is 12.1 Å². The summed E-state index contributed by atoms with van der Waals surface area (Å²) in [6, 6.07) is 13.4. The van der Waals surface area contributed by atoms with Crippen molar-refractivity contribution in [2.45, 2.75) is 13.1 Å². The van der Waals surface area contributed by atoms with Crippen molar-refractivity contribution < 1.29 is 14.3 Å². The highest BCUT2D eigenvalue weighted by Crippen LogP contribution is 2.29. The van der Waals surface area contributed by atoms with E-state index in [-0.39, 0.29) is 5.91 Å². The minimum atomic E-state index is -0.0252. The number of methoxy groups -OCH3 is 2. The third-order valence-electron chi connectivity index (χ3n) is 3.77. The van der Waals surface area contributed by atoms with Gasteiger partial charge in [0.1, 0.15) is 0 Å². The Morgan fingerprint density at radius 1 is 0.920 bits per heavy atom. The molecule has 1 amide bonds. The van der Waals surface area contributed by atoms with Crippen LogP contribution in [0.3, 0.4) is 0 Å². The third-order valence-corrected chi connectivity index (χ3v) is 5.49. The maximum Gasteiger partial charge on any atom is 0.254 e. The van der Waals surface area contributed by atoms with Crippen LogP contribution in [0.5, 0.6) is 11.5 Å². The van der Waals surface area contributed by atoms with Crippen LogP contribution in [0.4, 0.5) is 0 Å². The van der Waals surface area contributed by atoms with Gasteiger partial charge in [-0.25, -0.2) is 0 Å². The molecule has 6 heteroatoms. The summed E-state index contributed by atoms with van der Waals surface area (Å²) in [4.78, 5) is 17.3. The third kappa shape index (κ3) is 4.21. The van der Waals surface area contributed by atoms with E-state index in [2.05, 4.69) is 0 Å². The molecule has 0 N–H and O–H groups in total. The van der Waals surface area contributed by atoms with Crippen molar-refractivity contribution in [3.05, 3.63) is 68.5 Å². The SMILES string of the molecule is COc1ccc(C(=O)N(Cc2cccs2)Cc2cccs2)cc1OC. The first-order chi connectivity index (χ1) is 12.2. The second-order valence-corrected chi connectivity index (χ2v) is 7.45. The lowest BCUT2D eigenvalue weighted by Crippen LogP contribution is -2.29. The summed E-state index contributed by atoms with van der Waals surface area (Å²) in [6.07, 6.45) is 0. The van der Waals surface area contributed by atoms with E-state index in [0.717, 1.165) is 9.75 Å². The summed E-state index contributed by atoms with van der Waals surface area (Å²) >= 11 is 3.31. The first-order valence-electron chi connectivity index (χ1n) is 7.77. The first kappa shape index (κ1) is 17.5. The highest BCUT2D eigenvalue weighted by Gasteiger charge is 2.19. The number of nitrogens with zero attached hydrogens (tertiary/aromatic N) is 1. The Morgan fingerprint density at radius 3 is 2.00 bits per heavy atom. The second-order valence-electron chi connectivity index (χ2n) is 5.39. The zero-order chi connectivity index (χ0) is 17.6. The minimum absolute atomic E-state index is 0.0252. The van der Waals surface area contributed by atoms with Crippen LogP contribution in [-0.4, -0.2) is 25.0 Å². The Morgan fingerprint density at radius 2 is 1.52 bits per heavy atom. The molecular weight excluding hydrogens is 354 g/mol. The maximum atomic E-state index is 13.1. The number of amides is 1. The van der Waals surface area contributed by atoms with Gasteiger partial charge in [-0.05, 0) is 41.1 Å². The molecule has 0 aliphatic heterocycles. The molecule has 0 radical (unpaired) electrons. The van der Waals surface area contributed by atoms with Crippen LogP contribution in [-0.2, 0) is 13.1 Å². The predicted octanol–water partition coefficient (Wildman–Crippen LogP) is 4.67. The summed E-state index contributed by atoms with van der Waals surface area (Å²) in [6.45, 7) is 1.17. The van der Waals surface area contributed by atoms with E-state index in [1.54, 1.807) is 55.1 Å². The molecule has 0 unspecified atom stereocenters. The van der Waals surface area contributed by atoms with Crippen molar-refractivity contribution in [1.29, 1.82) is 0 Å². The fourth-order valence-corrected chi connectivity index (χ4v) is 3.97. The van der Waals surface area contributed by atoms with Gasteiger partial charge >= 0.3 is 0 Å². The fraction of sp³-hybridized carbons (Fsp3) is 0.211. The van der Waals surface area contributed by atoms with Crippen LogP contribution in [0, 0.1) is 0 Å². The monoisotopic (exact) mass is 373 g/mol. The molecular formula is C19H19NO3S2. The van der Waals surface area contributed by atoms with Gasteiger partial charge in [0, 0.05) is 15.3 Å². The van der Waals surface area contributed by atoms with Crippen molar-refractivity contribution in [2.75, 3.05) is 14.2 Å². The summed E-state index contributed by atoms with van der Waals surface area (Å²) in [5.41, 5.74) is 0.589. The topological polar surface area (TPSA) is 38.8 Å².